The van der Waals surface area contributed by atoms with E-state index >= 15 is 0 Å². The Bertz CT molecular complexity index is 1040. The zero-order valence-electron chi connectivity index (χ0n) is 15.0. The summed E-state index contributed by atoms with van der Waals surface area (Å²) in [7, 11) is 0. The van der Waals surface area contributed by atoms with Crippen molar-refractivity contribution < 1.29 is 31.9 Å². The van der Waals surface area contributed by atoms with E-state index in [0.717, 1.165) is 18.2 Å². The molecule has 0 spiro atoms. The maximum absolute atomic E-state index is 13.8. The molecule has 0 bridgehead atoms. The van der Waals surface area contributed by atoms with Crippen molar-refractivity contribution in [3.63, 3.8) is 0 Å². The number of carbonyl (C=O) groups excluding carboxylic acids is 2. The average Bonchev–Trinajstić information content (AvgIpc) is 3.13. The molecule has 9 heteroatoms. The monoisotopic (exact) mass is 404 g/mol. The normalized spacial score (nSPS) is 10.6. The number of nitrogens with zero attached hydrogens (tertiary/aromatic N) is 1. The number of hydrogen-bond donors (Lipinski definition) is 1. The average molecular weight is 404 g/mol. The van der Waals surface area contributed by atoms with Crippen LogP contribution in [0.1, 0.15) is 12.3 Å². The highest BCUT2D eigenvalue weighted by molar-refractivity contribution is 5.92. The lowest BCUT2D eigenvalue weighted by atomic mass is 10.2. The maximum atomic E-state index is 13.8. The van der Waals surface area contributed by atoms with E-state index in [9.17, 15) is 22.8 Å². The van der Waals surface area contributed by atoms with Gasteiger partial charge in [-0.05, 0) is 30.3 Å². The van der Waals surface area contributed by atoms with E-state index in [2.05, 4.69) is 10.3 Å². The molecule has 1 amide bonds. The Balaban J connectivity index is 1.46. The van der Waals surface area contributed by atoms with E-state index in [1.165, 1.54) is 30.5 Å². The first-order valence-electron chi connectivity index (χ1n) is 8.52. The van der Waals surface area contributed by atoms with E-state index in [1.54, 1.807) is 0 Å². The number of nitrogens with one attached hydrogen (secondary N) is 1. The topological polar surface area (TPSA) is 81.4 Å². The summed E-state index contributed by atoms with van der Waals surface area (Å²) in [5.74, 6) is -3.05. The van der Waals surface area contributed by atoms with Gasteiger partial charge in [0.25, 0.3) is 5.91 Å². The van der Waals surface area contributed by atoms with Gasteiger partial charge in [0.1, 0.15) is 17.5 Å². The summed E-state index contributed by atoms with van der Waals surface area (Å²) in [4.78, 5) is 27.4. The Morgan fingerprint density at radius 1 is 1.07 bits per heavy atom. The van der Waals surface area contributed by atoms with Gasteiger partial charge in [0, 0.05) is 18.2 Å². The minimum atomic E-state index is -0.795. The van der Waals surface area contributed by atoms with Crippen LogP contribution in [0, 0.1) is 17.5 Å². The van der Waals surface area contributed by atoms with Gasteiger partial charge in [0.2, 0.25) is 0 Å². The predicted molar refractivity (Wildman–Crippen MR) is 96.2 cm³/mol. The molecule has 0 atom stereocenters. The minimum Gasteiger partial charge on any atom is -0.456 e. The van der Waals surface area contributed by atoms with Gasteiger partial charge in [-0.15, -0.1) is 0 Å². The summed E-state index contributed by atoms with van der Waals surface area (Å²) in [6.45, 7) is -0.535. The van der Waals surface area contributed by atoms with Crippen LogP contribution in [0.3, 0.4) is 0 Å². The zero-order chi connectivity index (χ0) is 20.8. The summed E-state index contributed by atoms with van der Waals surface area (Å²) < 4.78 is 50.0. The summed E-state index contributed by atoms with van der Waals surface area (Å²) in [5, 5.41) is 2.39. The highest BCUT2D eigenvalue weighted by atomic mass is 19.1. The van der Waals surface area contributed by atoms with Crippen molar-refractivity contribution in [3.05, 3.63) is 72.0 Å². The largest absolute Gasteiger partial charge is 0.456 e. The van der Waals surface area contributed by atoms with E-state index in [0.29, 0.717) is 0 Å². The van der Waals surface area contributed by atoms with Crippen LogP contribution in [-0.4, -0.2) is 23.5 Å². The number of aromatic nitrogens is 1. The highest BCUT2D eigenvalue weighted by Gasteiger charge is 2.14. The molecule has 0 aliphatic rings. The molecule has 0 aliphatic heterocycles. The minimum absolute atomic E-state index is 0.0433. The SMILES string of the molecule is O=C(COC(=O)CCc1ncc(-c2ccc(F)cc2F)o1)Nc1cccc(F)c1. The first-order chi connectivity index (χ1) is 13.9. The Kier molecular flexibility index (Phi) is 6.28. The number of aryl methyl sites for hydroxylation is 1. The third-order valence-corrected chi connectivity index (χ3v) is 3.77. The third kappa shape index (κ3) is 5.68. The molecule has 6 nitrogen and oxygen atoms in total. The maximum Gasteiger partial charge on any atom is 0.306 e. The first kappa shape index (κ1) is 20.1. The Morgan fingerprint density at radius 3 is 2.62 bits per heavy atom. The fourth-order valence-corrected chi connectivity index (χ4v) is 2.43. The molecule has 1 heterocycles. The van der Waals surface area contributed by atoms with Crippen LogP contribution in [-0.2, 0) is 20.7 Å². The van der Waals surface area contributed by atoms with Crippen LogP contribution in [0.5, 0.6) is 0 Å². The smallest absolute Gasteiger partial charge is 0.306 e. The number of rotatable bonds is 7. The highest BCUT2D eigenvalue weighted by Crippen LogP contribution is 2.24. The summed E-state index contributed by atoms with van der Waals surface area (Å²) in [6, 6.07) is 8.32. The predicted octanol–water partition coefficient (Wildman–Crippen LogP) is 3.87. The second-order valence-corrected chi connectivity index (χ2v) is 5.96. The molecule has 0 unspecified atom stereocenters. The fourth-order valence-electron chi connectivity index (χ4n) is 2.43. The fraction of sp³-hybridized carbons (Fsp3) is 0.150. The number of amides is 1. The van der Waals surface area contributed by atoms with Crippen molar-refractivity contribution in [1.82, 2.24) is 4.98 Å². The lowest BCUT2D eigenvalue weighted by Gasteiger charge is -2.06. The molecule has 1 N–H and O–H groups in total. The van der Waals surface area contributed by atoms with Gasteiger partial charge < -0.3 is 14.5 Å². The molecule has 29 heavy (non-hydrogen) atoms. The number of hydrogen-bond acceptors (Lipinski definition) is 5. The van der Waals surface area contributed by atoms with Gasteiger partial charge in [-0.3, -0.25) is 9.59 Å². The number of benzene rings is 2. The van der Waals surface area contributed by atoms with Crippen LogP contribution >= 0.6 is 0 Å². The second-order valence-electron chi connectivity index (χ2n) is 5.96. The number of oxazole rings is 1. The molecule has 0 saturated heterocycles. The van der Waals surface area contributed by atoms with Crippen LogP contribution in [0.2, 0.25) is 0 Å². The van der Waals surface area contributed by atoms with Crippen LogP contribution < -0.4 is 5.32 Å². The quantitative estimate of drug-likeness (QED) is 0.605. The Hall–Kier alpha value is -3.62. The van der Waals surface area contributed by atoms with Gasteiger partial charge in [-0.25, -0.2) is 18.2 Å². The first-order valence-corrected chi connectivity index (χ1v) is 8.52. The summed E-state index contributed by atoms with van der Waals surface area (Å²) >= 11 is 0. The van der Waals surface area contributed by atoms with Gasteiger partial charge >= 0.3 is 5.97 Å². The molecule has 0 saturated carbocycles. The second kappa shape index (κ2) is 9.05. The summed E-state index contributed by atoms with van der Waals surface area (Å²) in [5.41, 5.74) is 0.285. The Labute approximate surface area is 163 Å². The number of carbonyl (C=O) groups is 2. The number of ether oxygens (including phenoxy) is 1. The van der Waals surface area contributed by atoms with Crippen LogP contribution in [0.15, 0.2) is 53.1 Å². The lowest BCUT2D eigenvalue weighted by molar-refractivity contribution is -0.147. The van der Waals surface area contributed by atoms with E-state index in [4.69, 9.17) is 9.15 Å². The number of halogens is 3. The molecule has 150 valence electrons. The summed E-state index contributed by atoms with van der Waals surface area (Å²) in [6.07, 6.45) is 1.20. The molecule has 0 aliphatic carbocycles. The van der Waals surface area contributed by atoms with E-state index in [-0.39, 0.29) is 35.7 Å². The molecular formula is C20H15F3N2O4. The van der Waals surface area contributed by atoms with Crippen LogP contribution in [0.4, 0.5) is 18.9 Å². The van der Waals surface area contributed by atoms with Crippen molar-refractivity contribution in [2.24, 2.45) is 0 Å². The lowest BCUT2D eigenvalue weighted by Crippen LogP contribution is -2.21. The van der Waals surface area contributed by atoms with Crippen molar-refractivity contribution in [3.8, 4) is 11.3 Å². The zero-order valence-corrected chi connectivity index (χ0v) is 15.0. The molecular weight excluding hydrogens is 389 g/mol. The number of anilines is 1. The van der Waals surface area contributed by atoms with Crippen molar-refractivity contribution in [1.29, 1.82) is 0 Å². The van der Waals surface area contributed by atoms with Crippen LogP contribution in [0.25, 0.3) is 11.3 Å². The Morgan fingerprint density at radius 2 is 1.86 bits per heavy atom. The molecule has 1 aromatic heterocycles. The molecule has 0 fully saturated rings. The van der Waals surface area contributed by atoms with Crippen molar-refractivity contribution in [2.45, 2.75) is 12.8 Å². The van der Waals surface area contributed by atoms with Gasteiger partial charge in [-0.2, -0.15) is 0 Å². The molecule has 3 rings (SSSR count). The van der Waals surface area contributed by atoms with Gasteiger partial charge in [-0.1, -0.05) is 6.07 Å². The standard InChI is InChI=1S/C20H15F3N2O4/c21-12-2-1-3-14(8-12)25-18(26)11-28-20(27)7-6-19-24-10-17(29-19)15-5-4-13(22)9-16(15)23/h1-5,8-10H,6-7,11H2,(H,25,26). The van der Waals surface area contributed by atoms with Crippen molar-refractivity contribution >= 4 is 17.6 Å². The molecule has 3 aromatic rings. The third-order valence-electron chi connectivity index (χ3n) is 3.77. The molecule has 0 radical (unpaired) electrons. The number of esters is 1. The van der Waals surface area contributed by atoms with Gasteiger partial charge in [0.05, 0.1) is 18.2 Å². The molecule has 2 aromatic carbocycles. The van der Waals surface area contributed by atoms with Crippen molar-refractivity contribution in [2.75, 3.05) is 11.9 Å². The van der Waals surface area contributed by atoms with E-state index < -0.39 is 35.9 Å². The van der Waals surface area contributed by atoms with E-state index in [1.807, 2.05) is 0 Å². The van der Waals surface area contributed by atoms with Gasteiger partial charge in [0.15, 0.2) is 18.3 Å².